The second-order valence-corrected chi connectivity index (χ2v) is 8.08. The van der Waals surface area contributed by atoms with Gasteiger partial charge in [-0.2, -0.15) is 4.72 Å². The Morgan fingerprint density at radius 2 is 1.64 bits per heavy atom. The highest BCUT2D eigenvalue weighted by Crippen LogP contribution is 2.11. The van der Waals surface area contributed by atoms with Crippen LogP contribution < -0.4 is 10.0 Å². The Labute approximate surface area is 165 Å². The fraction of sp³-hybridized carbons (Fsp3) is 0.300. The van der Waals surface area contributed by atoms with Gasteiger partial charge < -0.3 is 10.1 Å². The molecule has 1 amide bonds. The Kier molecular flexibility index (Phi) is 7.31. The molecular formula is C20H24N2O5S. The molecular weight excluding hydrogens is 380 g/mol. The zero-order chi connectivity index (χ0) is 20.7. The van der Waals surface area contributed by atoms with E-state index in [-0.39, 0.29) is 4.90 Å². The smallest absolute Gasteiger partial charge is 0.324 e. The quantitative estimate of drug-likeness (QED) is 0.658. The van der Waals surface area contributed by atoms with Crippen LogP contribution in [0.1, 0.15) is 25.0 Å². The van der Waals surface area contributed by atoms with Crippen LogP contribution in [0.4, 0.5) is 5.69 Å². The van der Waals surface area contributed by atoms with Gasteiger partial charge in [0.05, 0.1) is 4.90 Å². The first-order valence-electron chi connectivity index (χ1n) is 8.85. The molecule has 2 aromatic carbocycles. The minimum Gasteiger partial charge on any atom is -0.454 e. The summed E-state index contributed by atoms with van der Waals surface area (Å²) in [4.78, 5) is 24.0. The number of aryl methyl sites for hydroxylation is 2. The Bertz CT molecular complexity index is 922. The predicted molar refractivity (Wildman–Crippen MR) is 106 cm³/mol. The lowest BCUT2D eigenvalue weighted by Crippen LogP contribution is -2.40. The number of nitrogens with one attached hydrogen (secondary N) is 2. The number of esters is 1. The minimum atomic E-state index is -3.87. The lowest BCUT2D eigenvalue weighted by Gasteiger charge is -2.14. The summed E-state index contributed by atoms with van der Waals surface area (Å²) in [5.74, 6) is -1.35. The Morgan fingerprint density at radius 3 is 2.21 bits per heavy atom. The molecule has 0 radical (unpaired) electrons. The molecule has 7 nitrogen and oxygen atoms in total. The van der Waals surface area contributed by atoms with Crippen molar-refractivity contribution in [3.8, 4) is 0 Å². The Balaban J connectivity index is 1.85. The van der Waals surface area contributed by atoms with Crippen molar-refractivity contribution >= 4 is 27.6 Å². The van der Waals surface area contributed by atoms with Gasteiger partial charge in [0.1, 0.15) is 6.04 Å². The second-order valence-electron chi connectivity index (χ2n) is 6.36. The number of carbonyl (C=O) groups is 2. The number of rotatable bonds is 8. The summed E-state index contributed by atoms with van der Waals surface area (Å²) in [6.45, 7) is 4.72. The van der Waals surface area contributed by atoms with Crippen LogP contribution in [0, 0.1) is 6.92 Å². The van der Waals surface area contributed by atoms with E-state index in [1.807, 2.05) is 26.0 Å². The van der Waals surface area contributed by atoms with Crippen LogP contribution in [-0.4, -0.2) is 32.9 Å². The third-order valence-electron chi connectivity index (χ3n) is 4.01. The molecule has 0 spiro atoms. The average Bonchev–Trinajstić information content (AvgIpc) is 2.66. The van der Waals surface area contributed by atoms with Gasteiger partial charge in [-0.25, -0.2) is 8.42 Å². The SMILES string of the molecule is CCc1ccc(NC(=O)COC(=O)[C@H](C)NS(=O)(=O)c2ccc(C)cc2)cc1. The van der Waals surface area contributed by atoms with Gasteiger partial charge in [-0.3, -0.25) is 9.59 Å². The number of hydrogen-bond acceptors (Lipinski definition) is 5. The normalized spacial score (nSPS) is 12.2. The van der Waals surface area contributed by atoms with Crippen molar-refractivity contribution in [2.45, 2.75) is 38.1 Å². The molecule has 1 atom stereocenters. The van der Waals surface area contributed by atoms with Crippen LogP contribution in [0.25, 0.3) is 0 Å². The topological polar surface area (TPSA) is 102 Å². The molecule has 150 valence electrons. The van der Waals surface area contributed by atoms with Crippen molar-refractivity contribution in [1.82, 2.24) is 4.72 Å². The van der Waals surface area contributed by atoms with Crippen molar-refractivity contribution in [2.75, 3.05) is 11.9 Å². The first-order valence-corrected chi connectivity index (χ1v) is 10.3. The molecule has 0 aliphatic carbocycles. The highest BCUT2D eigenvalue weighted by atomic mass is 32.2. The first kappa shape index (κ1) is 21.6. The van der Waals surface area contributed by atoms with E-state index in [2.05, 4.69) is 10.0 Å². The van der Waals surface area contributed by atoms with E-state index in [0.29, 0.717) is 5.69 Å². The average molecular weight is 404 g/mol. The summed E-state index contributed by atoms with van der Waals surface area (Å²) in [6.07, 6.45) is 0.891. The first-order chi connectivity index (χ1) is 13.2. The molecule has 28 heavy (non-hydrogen) atoms. The minimum absolute atomic E-state index is 0.0472. The number of ether oxygens (including phenoxy) is 1. The van der Waals surface area contributed by atoms with Crippen LogP contribution >= 0.6 is 0 Å². The molecule has 0 aliphatic rings. The fourth-order valence-electron chi connectivity index (χ4n) is 2.35. The van der Waals surface area contributed by atoms with E-state index >= 15 is 0 Å². The maximum absolute atomic E-state index is 12.3. The maximum Gasteiger partial charge on any atom is 0.324 e. The predicted octanol–water partition coefficient (Wildman–Crippen LogP) is 2.41. The molecule has 2 aromatic rings. The van der Waals surface area contributed by atoms with Gasteiger partial charge in [-0.05, 0) is 50.1 Å². The van der Waals surface area contributed by atoms with Crippen molar-refractivity contribution in [1.29, 1.82) is 0 Å². The van der Waals surface area contributed by atoms with Crippen molar-refractivity contribution in [2.24, 2.45) is 0 Å². The van der Waals surface area contributed by atoms with Crippen molar-refractivity contribution in [3.63, 3.8) is 0 Å². The van der Waals surface area contributed by atoms with Crippen molar-refractivity contribution < 1.29 is 22.7 Å². The van der Waals surface area contributed by atoms with Crippen LogP contribution in [0.15, 0.2) is 53.4 Å². The van der Waals surface area contributed by atoms with Gasteiger partial charge in [0.2, 0.25) is 10.0 Å². The summed E-state index contributed by atoms with van der Waals surface area (Å²) in [5, 5.41) is 2.61. The van der Waals surface area contributed by atoms with Gasteiger partial charge in [0, 0.05) is 5.69 Å². The largest absolute Gasteiger partial charge is 0.454 e. The Hall–Kier alpha value is -2.71. The van der Waals surface area contributed by atoms with E-state index in [1.165, 1.54) is 19.1 Å². The number of anilines is 1. The van der Waals surface area contributed by atoms with Crippen LogP contribution in [-0.2, 0) is 30.8 Å². The molecule has 0 fully saturated rings. The molecule has 8 heteroatoms. The number of carbonyl (C=O) groups excluding carboxylic acids is 2. The van der Waals surface area contributed by atoms with E-state index in [0.717, 1.165) is 17.5 Å². The zero-order valence-electron chi connectivity index (χ0n) is 16.1. The number of hydrogen-bond donors (Lipinski definition) is 2. The molecule has 2 rings (SSSR count). The van der Waals surface area contributed by atoms with Gasteiger partial charge in [-0.1, -0.05) is 36.8 Å². The summed E-state index contributed by atoms with van der Waals surface area (Å²) in [5.41, 5.74) is 2.65. The van der Waals surface area contributed by atoms with Crippen LogP contribution in [0.2, 0.25) is 0 Å². The molecule has 0 bridgehead atoms. The second kappa shape index (κ2) is 9.48. The number of benzene rings is 2. The van der Waals surface area contributed by atoms with Crippen LogP contribution in [0.3, 0.4) is 0 Å². The van der Waals surface area contributed by atoms with Gasteiger partial charge >= 0.3 is 5.97 Å². The van der Waals surface area contributed by atoms with Crippen molar-refractivity contribution in [3.05, 3.63) is 59.7 Å². The molecule has 0 aromatic heterocycles. The summed E-state index contributed by atoms with van der Waals surface area (Å²) < 4.78 is 31.7. The van der Waals surface area contributed by atoms with Gasteiger partial charge in [-0.15, -0.1) is 0 Å². The molecule has 0 saturated heterocycles. The number of amides is 1. The lowest BCUT2D eigenvalue weighted by molar-refractivity contribution is -0.148. The van der Waals surface area contributed by atoms with Gasteiger partial charge in [0.25, 0.3) is 5.91 Å². The third kappa shape index (κ3) is 6.17. The monoisotopic (exact) mass is 404 g/mol. The van der Waals surface area contributed by atoms with Gasteiger partial charge in [0.15, 0.2) is 6.61 Å². The summed E-state index contributed by atoms with van der Waals surface area (Å²) >= 11 is 0. The summed E-state index contributed by atoms with van der Waals surface area (Å²) in [7, 11) is -3.87. The lowest BCUT2D eigenvalue weighted by atomic mass is 10.1. The fourth-order valence-corrected chi connectivity index (χ4v) is 3.54. The molecule has 0 aliphatic heterocycles. The van der Waals surface area contributed by atoms with E-state index in [1.54, 1.807) is 24.3 Å². The van der Waals surface area contributed by atoms with Crippen LogP contribution in [0.5, 0.6) is 0 Å². The molecule has 2 N–H and O–H groups in total. The highest BCUT2D eigenvalue weighted by molar-refractivity contribution is 7.89. The zero-order valence-corrected chi connectivity index (χ0v) is 16.9. The van der Waals surface area contributed by atoms with E-state index < -0.39 is 34.5 Å². The third-order valence-corrected chi connectivity index (χ3v) is 5.56. The summed E-state index contributed by atoms with van der Waals surface area (Å²) in [6, 6.07) is 12.4. The Morgan fingerprint density at radius 1 is 1.04 bits per heavy atom. The molecule has 0 saturated carbocycles. The van der Waals surface area contributed by atoms with E-state index in [4.69, 9.17) is 4.74 Å². The van der Waals surface area contributed by atoms with E-state index in [9.17, 15) is 18.0 Å². The maximum atomic E-state index is 12.3. The molecule has 0 unspecified atom stereocenters. The standard InChI is InChI=1S/C20H24N2O5S/c1-4-16-7-9-17(10-8-16)21-19(23)13-27-20(24)15(3)22-28(25,26)18-11-5-14(2)6-12-18/h5-12,15,22H,4,13H2,1-3H3,(H,21,23)/t15-/m0/s1. The number of sulfonamides is 1. The highest BCUT2D eigenvalue weighted by Gasteiger charge is 2.23. The molecule has 0 heterocycles.